The summed E-state index contributed by atoms with van der Waals surface area (Å²) in [5.41, 5.74) is 0.541. The predicted octanol–water partition coefficient (Wildman–Crippen LogP) is 2.81. The summed E-state index contributed by atoms with van der Waals surface area (Å²) in [5, 5.41) is 2.86. The summed E-state index contributed by atoms with van der Waals surface area (Å²) < 4.78 is 13.8. The van der Waals surface area contributed by atoms with Crippen LogP contribution >= 0.6 is 0 Å². The standard InChI is InChI=1S/C16H17FN2O/c1-16(2,13-7-3-4-8-14(13)17)19-15(20)10-12-6-5-9-18-11-12/h3-9,11H,10H2,1-2H3,(H,19,20). The van der Waals surface area contributed by atoms with Gasteiger partial charge in [0, 0.05) is 18.0 Å². The molecule has 2 aromatic rings. The van der Waals surface area contributed by atoms with Crippen molar-refractivity contribution in [1.82, 2.24) is 10.3 Å². The van der Waals surface area contributed by atoms with Crippen LogP contribution in [0.1, 0.15) is 25.0 Å². The van der Waals surface area contributed by atoms with E-state index in [0.717, 1.165) is 5.56 Å². The lowest BCUT2D eigenvalue weighted by atomic mass is 9.93. The summed E-state index contributed by atoms with van der Waals surface area (Å²) in [6, 6.07) is 10.1. The minimum atomic E-state index is -0.759. The highest BCUT2D eigenvalue weighted by Gasteiger charge is 2.25. The summed E-state index contributed by atoms with van der Waals surface area (Å²) in [6.07, 6.45) is 3.53. The molecule has 1 N–H and O–H groups in total. The maximum absolute atomic E-state index is 13.8. The normalized spacial score (nSPS) is 11.2. The molecular formula is C16H17FN2O. The van der Waals surface area contributed by atoms with Crippen molar-refractivity contribution in [3.05, 3.63) is 65.7 Å². The Kier molecular flexibility index (Phi) is 4.13. The zero-order valence-corrected chi connectivity index (χ0v) is 11.6. The first kappa shape index (κ1) is 14.2. The number of rotatable bonds is 4. The largest absolute Gasteiger partial charge is 0.347 e. The Labute approximate surface area is 117 Å². The number of aromatic nitrogens is 1. The van der Waals surface area contributed by atoms with E-state index >= 15 is 0 Å². The van der Waals surface area contributed by atoms with Crippen LogP contribution in [0.2, 0.25) is 0 Å². The van der Waals surface area contributed by atoms with Gasteiger partial charge in [-0.2, -0.15) is 0 Å². The van der Waals surface area contributed by atoms with Crippen LogP contribution in [0.5, 0.6) is 0 Å². The molecule has 0 fully saturated rings. The molecule has 0 radical (unpaired) electrons. The molecule has 0 aliphatic heterocycles. The fourth-order valence-corrected chi connectivity index (χ4v) is 2.12. The topological polar surface area (TPSA) is 42.0 Å². The SMILES string of the molecule is CC(C)(NC(=O)Cc1cccnc1)c1ccccc1F. The Balaban J connectivity index is 2.09. The highest BCUT2D eigenvalue weighted by atomic mass is 19.1. The molecule has 3 nitrogen and oxygen atoms in total. The molecule has 0 spiro atoms. The van der Waals surface area contributed by atoms with Crippen molar-refractivity contribution in [2.45, 2.75) is 25.8 Å². The Morgan fingerprint density at radius 2 is 2.00 bits per heavy atom. The zero-order chi connectivity index (χ0) is 14.6. The first-order valence-corrected chi connectivity index (χ1v) is 6.44. The number of hydrogen-bond acceptors (Lipinski definition) is 2. The van der Waals surface area contributed by atoms with E-state index < -0.39 is 5.54 Å². The van der Waals surface area contributed by atoms with Gasteiger partial charge in [-0.25, -0.2) is 4.39 Å². The Hall–Kier alpha value is -2.23. The van der Waals surface area contributed by atoms with E-state index in [1.807, 2.05) is 6.07 Å². The lowest BCUT2D eigenvalue weighted by Gasteiger charge is -2.27. The van der Waals surface area contributed by atoms with E-state index in [-0.39, 0.29) is 18.1 Å². The zero-order valence-electron chi connectivity index (χ0n) is 11.6. The summed E-state index contributed by atoms with van der Waals surface area (Å²) >= 11 is 0. The van der Waals surface area contributed by atoms with Crippen LogP contribution in [-0.2, 0) is 16.8 Å². The monoisotopic (exact) mass is 272 g/mol. The number of benzene rings is 1. The van der Waals surface area contributed by atoms with Gasteiger partial charge in [-0.3, -0.25) is 9.78 Å². The number of nitrogens with zero attached hydrogens (tertiary/aromatic N) is 1. The molecule has 4 heteroatoms. The van der Waals surface area contributed by atoms with Crippen molar-refractivity contribution in [3.8, 4) is 0 Å². The second kappa shape index (κ2) is 5.82. The fraction of sp³-hybridized carbons (Fsp3) is 0.250. The number of pyridine rings is 1. The predicted molar refractivity (Wildman–Crippen MR) is 75.5 cm³/mol. The van der Waals surface area contributed by atoms with Gasteiger partial charge >= 0.3 is 0 Å². The van der Waals surface area contributed by atoms with Crippen molar-refractivity contribution in [1.29, 1.82) is 0 Å². The van der Waals surface area contributed by atoms with Gasteiger partial charge in [-0.1, -0.05) is 24.3 Å². The highest BCUT2D eigenvalue weighted by molar-refractivity contribution is 5.79. The molecule has 0 aliphatic carbocycles. The molecule has 0 saturated carbocycles. The van der Waals surface area contributed by atoms with Crippen LogP contribution in [0.25, 0.3) is 0 Å². The molecule has 0 atom stereocenters. The van der Waals surface area contributed by atoms with Crippen molar-refractivity contribution in [2.24, 2.45) is 0 Å². The van der Waals surface area contributed by atoms with Gasteiger partial charge in [-0.05, 0) is 31.5 Å². The van der Waals surface area contributed by atoms with E-state index in [1.165, 1.54) is 6.07 Å². The Morgan fingerprint density at radius 1 is 1.25 bits per heavy atom. The van der Waals surface area contributed by atoms with Crippen molar-refractivity contribution >= 4 is 5.91 Å². The molecule has 0 bridgehead atoms. The van der Waals surface area contributed by atoms with Gasteiger partial charge in [0.05, 0.1) is 12.0 Å². The van der Waals surface area contributed by atoms with Crippen molar-refractivity contribution in [3.63, 3.8) is 0 Å². The summed E-state index contributed by atoms with van der Waals surface area (Å²) in [4.78, 5) is 16.0. The fourth-order valence-electron chi connectivity index (χ4n) is 2.12. The average molecular weight is 272 g/mol. The van der Waals surface area contributed by atoms with Crippen LogP contribution in [0.3, 0.4) is 0 Å². The van der Waals surface area contributed by atoms with Crippen LogP contribution in [0.4, 0.5) is 4.39 Å². The smallest absolute Gasteiger partial charge is 0.225 e. The van der Waals surface area contributed by atoms with Gasteiger partial charge in [0.2, 0.25) is 5.91 Å². The molecule has 2 rings (SSSR count). The summed E-state index contributed by atoms with van der Waals surface area (Å²) in [5.74, 6) is -0.481. The number of carbonyl (C=O) groups excluding carboxylic acids is 1. The van der Waals surface area contributed by atoms with Gasteiger partial charge < -0.3 is 5.32 Å². The molecule has 104 valence electrons. The van der Waals surface area contributed by atoms with Crippen LogP contribution in [-0.4, -0.2) is 10.9 Å². The molecule has 1 aromatic carbocycles. The molecule has 0 saturated heterocycles. The van der Waals surface area contributed by atoms with Crippen molar-refractivity contribution in [2.75, 3.05) is 0 Å². The summed E-state index contributed by atoms with van der Waals surface area (Å²) in [7, 11) is 0. The molecule has 1 aromatic heterocycles. The number of halogens is 1. The molecule has 0 aliphatic rings. The van der Waals surface area contributed by atoms with Gasteiger partial charge in [0.15, 0.2) is 0 Å². The first-order valence-electron chi connectivity index (χ1n) is 6.44. The van der Waals surface area contributed by atoms with Gasteiger partial charge in [0.1, 0.15) is 5.82 Å². The minimum absolute atomic E-state index is 0.161. The van der Waals surface area contributed by atoms with Crippen LogP contribution < -0.4 is 5.32 Å². The maximum Gasteiger partial charge on any atom is 0.225 e. The summed E-state index contributed by atoms with van der Waals surface area (Å²) in [6.45, 7) is 3.57. The number of hydrogen-bond donors (Lipinski definition) is 1. The quantitative estimate of drug-likeness (QED) is 0.930. The third kappa shape index (κ3) is 3.41. The molecule has 20 heavy (non-hydrogen) atoms. The van der Waals surface area contributed by atoms with E-state index in [0.29, 0.717) is 5.56 Å². The minimum Gasteiger partial charge on any atom is -0.347 e. The Bertz CT molecular complexity index is 596. The van der Waals surface area contributed by atoms with E-state index in [4.69, 9.17) is 0 Å². The average Bonchev–Trinajstić information content (AvgIpc) is 2.39. The van der Waals surface area contributed by atoms with E-state index in [1.54, 1.807) is 50.5 Å². The van der Waals surface area contributed by atoms with E-state index in [2.05, 4.69) is 10.3 Å². The lowest BCUT2D eigenvalue weighted by Crippen LogP contribution is -2.42. The number of amides is 1. The number of carbonyl (C=O) groups is 1. The number of nitrogens with one attached hydrogen (secondary N) is 1. The molecule has 1 amide bonds. The first-order chi connectivity index (χ1) is 9.49. The van der Waals surface area contributed by atoms with Gasteiger partial charge in [-0.15, -0.1) is 0 Å². The molecule has 0 unspecified atom stereocenters. The third-order valence-electron chi connectivity index (χ3n) is 3.09. The molecular weight excluding hydrogens is 255 g/mol. The van der Waals surface area contributed by atoms with Crippen LogP contribution in [0, 0.1) is 5.82 Å². The highest BCUT2D eigenvalue weighted by Crippen LogP contribution is 2.22. The van der Waals surface area contributed by atoms with Crippen LogP contribution in [0.15, 0.2) is 48.8 Å². The lowest BCUT2D eigenvalue weighted by molar-refractivity contribution is -0.122. The molecule has 1 heterocycles. The van der Waals surface area contributed by atoms with Gasteiger partial charge in [0.25, 0.3) is 0 Å². The Morgan fingerprint density at radius 3 is 2.65 bits per heavy atom. The second-order valence-electron chi connectivity index (χ2n) is 5.19. The maximum atomic E-state index is 13.8. The van der Waals surface area contributed by atoms with Crippen molar-refractivity contribution < 1.29 is 9.18 Å². The second-order valence-corrected chi connectivity index (χ2v) is 5.19. The van der Waals surface area contributed by atoms with E-state index in [9.17, 15) is 9.18 Å². The third-order valence-corrected chi connectivity index (χ3v) is 3.09.